The van der Waals surface area contributed by atoms with E-state index in [1.54, 1.807) is 0 Å². The van der Waals surface area contributed by atoms with Gasteiger partial charge in [0.25, 0.3) is 0 Å². The zero-order chi connectivity index (χ0) is 82.1. The molecule has 0 atom stereocenters. The number of fused-ring (bicyclic) bond motifs is 12. The molecule has 2 aliphatic carbocycles. The minimum atomic E-state index is -0.470. The van der Waals surface area contributed by atoms with Crippen LogP contribution in [0.3, 0.4) is 0 Å². The van der Waals surface area contributed by atoms with Crippen molar-refractivity contribution < 1.29 is 0 Å². The van der Waals surface area contributed by atoms with E-state index in [1.807, 2.05) is 144 Å². The Labute approximate surface area is 726 Å². The van der Waals surface area contributed by atoms with Crippen molar-refractivity contribution in [3.63, 3.8) is 0 Å². The van der Waals surface area contributed by atoms with E-state index in [4.69, 9.17) is 29.9 Å². The summed E-state index contributed by atoms with van der Waals surface area (Å²) < 4.78 is 5.27. The number of hydrogen-bond acceptors (Lipinski definition) is 8. The monoisotopic (exact) mass is 1610 g/mol. The fourth-order valence-electron chi connectivity index (χ4n) is 19.0. The van der Waals surface area contributed by atoms with Crippen LogP contribution < -0.4 is 0 Å². The van der Waals surface area contributed by atoms with Gasteiger partial charge in [0.15, 0.2) is 34.9 Å². The third-order valence-corrected chi connectivity index (χ3v) is 27.2. The van der Waals surface area contributed by atoms with Crippen LogP contribution in [0.5, 0.6) is 0 Å². The lowest BCUT2D eigenvalue weighted by Gasteiger charge is -2.34. The predicted molar refractivity (Wildman–Crippen MR) is 514 cm³/mol. The van der Waals surface area contributed by atoms with E-state index in [2.05, 4.69) is 328 Å². The first-order valence-corrected chi connectivity index (χ1v) is 43.6. The lowest BCUT2D eigenvalue weighted by Crippen LogP contribution is -2.28. The van der Waals surface area contributed by atoms with E-state index >= 15 is 0 Å². The van der Waals surface area contributed by atoms with Crippen molar-refractivity contribution in [1.29, 1.82) is 0 Å². The van der Waals surface area contributed by atoms with Crippen molar-refractivity contribution in [2.45, 2.75) is 10.8 Å². The summed E-state index contributed by atoms with van der Waals surface area (Å²) in [6, 6.07) is 162. The summed E-state index contributed by atoms with van der Waals surface area (Å²) in [5, 5.41) is 5.27. The fourth-order valence-corrected chi connectivity index (χ4v) is 21.3. The van der Waals surface area contributed by atoms with Gasteiger partial charge in [-0.1, -0.05) is 413 Å². The number of nitrogens with zero attached hydrogens (tertiary/aromatic N) is 6. The third-order valence-electron chi connectivity index (χ3n) is 24.9. The molecule has 4 heterocycles. The highest BCUT2D eigenvalue weighted by Crippen LogP contribution is 2.59. The molecule has 0 unspecified atom stereocenters. The van der Waals surface area contributed by atoms with E-state index < -0.39 is 10.8 Å². The van der Waals surface area contributed by atoms with Crippen molar-refractivity contribution in [3.8, 4) is 135 Å². The van der Waals surface area contributed by atoms with Gasteiger partial charge in [0.1, 0.15) is 0 Å². The lowest BCUT2D eigenvalue weighted by atomic mass is 9.67. The number of hydrogen-bond donors (Lipinski definition) is 0. The van der Waals surface area contributed by atoms with Gasteiger partial charge in [-0.2, -0.15) is 0 Å². The second-order valence-corrected chi connectivity index (χ2v) is 34.0. The average molecular weight is 1620 g/mol. The first kappa shape index (κ1) is 73.6. The lowest BCUT2D eigenvalue weighted by molar-refractivity contribution is 0.770. The summed E-state index contributed by atoms with van der Waals surface area (Å²) in [6.45, 7) is 0. The highest BCUT2D eigenvalue weighted by atomic mass is 32.1. The molecule has 0 spiro atoms. The van der Waals surface area contributed by atoms with Crippen LogP contribution in [0.2, 0.25) is 0 Å². The third kappa shape index (κ3) is 12.8. The number of benzene rings is 18. The van der Waals surface area contributed by atoms with E-state index in [1.165, 1.54) is 129 Å². The van der Waals surface area contributed by atoms with Crippen LogP contribution in [0.1, 0.15) is 44.5 Å². The molecule has 4 aromatic heterocycles. The van der Waals surface area contributed by atoms with Gasteiger partial charge in [-0.25, -0.2) is 29.9 Å². The molecule has 0 fully saturated rings. The van der Waals surface area contributed by atoms with Crippen molar-refractivity contribution in [1.82, 2.24) is 29.9 Å². The van der Waals surface area contributed by atoms with Crippen LogP contribution in [-0.4, -0.2) is 29.9 Å². The standard InChI is InChI=1S/2C58H37N3S/c1-3-14-40(15-4-1)55-59-56(41-16-5-2-6-17-41)61-57(60-55)42-28-26-38(27-29-42)43-18-13-19-44(36-43)39-30-32-45(33-31-39)58(51-23-10-7-20-47(51)48-21-8-11-24-52(48)58)46-34-35-50-49-22-9-12-25-53(49)62-54(50)37-46;1-3-14-41(15-4-1)55-59-56(42-16-5-2-6-17-42)61-57(60-55)44-19-13-18-43(36-44)40-28-26-38(27-29-40)39-30-32-45(33-31-39)58(51-23-10-7-20-47(51)48-21-8-11-24-52(48)58)46-34-35-50-49-22-9-12-25-53(49)62-54(50)37-46/h2*1-37H. The van der Waals surface area contributed by atoms with Crippen LogP contribution in [0.4, 0.5) is 0 Å². The fraction of sp³-hybridized carbons (Fsp3) is 0.0172. The van der Waals surface area contributed by atoms with Gasteiger partial charge in [0.05, 0.1) is 10.8 Å². The van der Waals surface area contributed by atoms with E-state index in [0.29, 0.717) is 34.9 Å². The van der Waals surface area contributed by atoms with Gasteiger partial charge in [-0.05, 0) is 148 Å². The Morgan fingerprint density at radius 1 is 0.145 bits per heavy atom. The molecule has 0 bridgehead atoms. The summed E-state index contributed by atoms with van der Waals surface area (Å²) in [7, 11) is 0. The summed E-state index contributed by atoms with van der Waals surface area (Å²) in [4.78, 5) is 29.6. The van der Waals surface area contributed by atoms with Crippen molar-refractivity contribution in [2.75, 3.05) is 0 Å². The maximum Gasteiger partial charge on any atom is 0.164 e. The quantitative estimate of drug-likeness (QED) is 0.108. The maximum atomic E-state index is 4.97. The second kappa shape index (κ2) is 30.9. The van der Waals surface area contributed by atoms with Crippen LogP contribution in [0.25, 0.3) is 175 Å². The summed E-state index contributed by atoms with van der Waals surface area (Å²) in [5.74, 6) is 3.90. The van der Waals surface area contributed by atoms with Gasteiger partial charge in [0.2, 0.25) is 0 Å². The number of aromatic nitrogens is 6. The normalized spacial score (nSPS) is 12.6. The van der Waals surface area contributed by atoms with Gasteiger partial charge < -0.3 is 0 Å². The summed E-state index contributed by atoms with van der Waals surface area (Å²) >= 11 is 3.76. The van der Waals surface area contributed by atoms with Crippen molar-refractivity contribution in [3.05, 3.63) is 493 Å². The summed E-state index contributed by atoms with van der Waals surface area (Å²) in [6.07, 6.45) is 0. The highest BCUT2D eigenvalue weighted by Gasteiger charge is 2.48. The second-order valence-electron chi connectivity index (χ2n) is 31.8. The first-order chi connectivity index (χ1) is 61.4. The Morgan fingerprint density at radius 2 is 0.371 bits per heavy atom. The molecule has 0 saturated heterocycles. The topological polar surface area (TPSA) is 77.3 Å². The molecule has 0 aliphatic heterocycles. The Bertz CT molecular complexity index is 7620. The Balaban J connectivity index is 0.000000143. The van der Waals surface area contributed by atoms with E-state index in [-0.39, 0.29) is 0 Å². The minimum Gasteiger partial charge on any atom is -0.208 e. The zero-order valence-corrected chi connectivity index (χ0v) is 68.9. The van der Waals surface area contributed by atoms with Gasteiger partial charge in [-0.3, -0.25) is 0 Å². The van der Waals surface area contributed by atoms with E-state index in [0.717, 1.165) is 55.6 Å². The van der Waals surface area contributed by atoms with Gasteiger partial charge >= 0.3 is 0 Å². The van der Waals surface area contributed by atoms with Crippen LogP contribution in [0, 0.1) is 0 Å². The van der Waals surface area contributed by atoms with Gasteiger partial charge in [0, 0.05) is 73.7 Å². The molecule has 18 aromatic carbocycles. The number of rotatable bonds is 14. The predicted octanol–water partition coefficient (Wildman–Crippen LogP) is 29.9. The molecule has 0 amide bonds. The molecule has 580 valence electrons. The van der Waals surface area contributed by atoms with Crippen molar-refractivity contribution in [2.24, 2.45) is 0 Å². The van der Waals surface area contributed by atoms with Gasteiger partial charge in [-0.15, -0.1) is 22.7 Å². The zero-order valence-electron chi connectivity index (χ0n) is 67.2. The molecule has 8 heteroatoms. The molecule has 124 heavy (non-hydrogen) atoms. The van der Waals surface area contributed by atoms with Crippen LogP contribution in [0.15, 0.2) is 449 Å². The molecular formula is C116H74N6S2. The Hall–Kier alpha value is -15.6. The Morgan fingerprint density at radius 3 is 0.710 bits per heavy atom. The largest absolute Gasteiger partial charge is 0.208 e. The van der Waals surface area contributed by atoms with Crippen LogP contribution >= 0.6 is 22.7 Å². The SMILES string of the molecule is c1ccc(-c2nc(-c3ccccc3)nc(-c3ccc(-c4cccc(-c5ccc(C6(c7ccc8c(c7)sc7ccccc78)c7ccccc7-c7ccccc76)cc5)c4)cc3)n2)cc1.c1ccc(-c2nc(-c3ccccc3)nc(-c3cccc(-c4ccc(-c5ccc(C6(c7ccc8c(c7)sc7ccccc78)c7ccccc7-c7ccccc76)cc5)cc4)c3)n2)cc1. The summed E-state index contributed by atoms with van der Waals surface area (Å²) in [5.41, 5.74) is 29.5. The molecule has 0 saturated carbocycles. The molecule has 6 nitrogen and oxygen atoms in total. The maximum absolute atomic E-state index is 4.97. The van der Waals surface area contributed by atoms with Crippen LogP contribution in [-0.2, 0) is 10.8 Å². The molecular weight excluding hydrogens is 1540 g/mol. The molecule has 2 aliphatic rings. The van der Waals surface area contributed by atoms with E-state index in [9.17, 15) is 0 Å². The molecule has 22 aromatic rings. The molecule has 0 radical (unpaired) electrons. The number of thiophene rings is 2. The van der Waals surface area contributed by atoms with Crippen molar-refractivity contribution >= 4 is 63.0 Å². The minimum absolute atomic E-state index is 0.465. The smallest absolute Gasteiger partial charge is 0.164 e. The average Bonchev–Trinajstić information content (AvgIpc) is 1.54. The Kier molecular flexibility index (Phi) is 18.3. The molecule has 24 rings (SSSR count). The first-order valence-electron chi connectivity index (χ1n) is 42.0. The molecule has 0 N–H and O–H groups in total. The highest BCUT2D eigenvalue weighted by molar-refractivity contribution is 7.26.